The van der Waals surface area contributed by atoms with Crippen LogP contribution in [0.3, 0.4) is 0 Å². The maximum absolute atomic E-state index is 13.4. The summed E-state index contributed by atoms with van der Waals surface area (Å²) >= 11 is 5.86. The second kappa shape index (κ2) is 11.0. The third-order valence-electron chi connectivity index (χ3n) is 5.39. The zero-order valence-electron chi connectivity index (χ0n) is 19.7. The number of anilines is 1. The van der Waals surface area contributed by atoms with Crippen LogP contribution in [0, 0.1) is 0 Å². The number of hydrogen-bond donors (Lipinski definition) is 1. The van der Waals surface area contributed by atoms with E-state index in [0.717, 1.165) is 5.56 Å². The van der Waals surface area contributed by atoms with E-state index in [0.29, 0.717) is 29.0 Å². The monoisotopic (exact) mass is 529 g/mol. The normalized spacial score (nSPS) is 13.2. The zero-order chi connectivity index (χ0) is 25.7. The van der Waals surface area contributed by atoms with Crippen molar-refractivity contribution in [1.82, 2.24) is 29.7 Å². The Hall–Kier alpha value is -3.61. The van der Waals surface area contributed by atoms with Gasteiger partial charge in [-0.05, 0) is 18.6 Å². The van der Waals surface area contributed by atoms with Crippen LogP contribution in [0.2, 0.25) is 5.02 Å². The molecule has 11 nitrogen and oxygen atoms in total. The lowest BCUT2D eigenvalue weighted by Crippen LogP contribution is -2.33. The van der Waals surface area contributed by atoms with Gasteiger partial charge in [0.1, 0.15) is 17.0 Å². The standard InChI is InChI=1S/C23H24ClN7O4S/c1-15(20(35-3)21-25-12-17(24)13-26-21)36(32,33)30-23-29-28-22(18-10-7-11-19(27-18)34-2)31(23)14-16-8-5-4-6-9-16/h4-13,15,20H,14H2,1-3H3,(H,29,30)/t15-,20-/m0/s1. The molecule has 0 aliphatic heterocycles. The van der Waals surface area contributed by atoms with Crippen molar-refractivity contribution in [2.45, 2.75) is 24.8 Å². The van der Waals surface area contributed by atoms with Crippen LogP contribution in [-0.2, 0) is 21.3 Å². The molecule has 0 unspecified atom stereocenters. The van der Waals surface area contributed by atoms with Gasteiger partial charge in [-0.2, -0.15) is 0 Å². The molecule has 3 aromatic heterocycles. The number of nitrogens with one attached hydrogen (secondary N) is 1. The van der Waals surface area contributed by atoms with Crippen LogP contribution in [0.1, 0.15) is 24.4 Å². The Labute approximate surface area is 213 Å². The Morgan fingerprint density at radius 3 is 2.42 bits per heavy atom. The molecular formula is C23H24ClN7O4S. The highest BCUT2D eigenvalue weighted by atomic mass is 35.5. The first-order chi connectivity index (χ1) is 17.3. The Morgan fingerprint density at radius 2 is 1.75 bits per heavy atom. The van der Waals surface area contributed by atoms with Crippen LogP contribution in [0.5, 0.6) is 5.88 Å². The molecule has 4 aromatic rings. The number of sulfonamides is 1. The lowest BCUT2D eigenvalue weighted by atomic mass is 10.2. The van der Waals surface area contributed by atoms with E-state index in [4.69, 9.17) is 21.1 Å². The van der Waals surface area contributed by atoms with E-state index in [1.54, 1.807) is 22.8 Å². The van der Waals surface area contributed by atoms with E-state index in [1.807, 2.05) is 30.3 Å². The van der Waals surface area contributed by atoms with Gasteiger partial charge in [0.15, 0.2) is 11.6 Å². The van der Waals surface area contributed by atoms with Gasteiger partial charge in [-0.25, -0.2) is 23.4 Å². The Bertz CT molecular complexity index is 1420. The van der Waals surface area contributed by atoms with Gasteiger partial charge in [-0.15, -0.1) is 10.2 Å². The Morgan fingerprint density at radius 1 is 1.03 bits per heavy atom. The third kappa shape index (κ3) is 5.61. The minimum absolute atomic E-state index is 0.0252. The summed E-state index contributed by atoms with van der Waals surface area (Å²) < 4.78 is 41.7. The molecule has 1 N–H and O–H groups in total. The van der Waals surface area contributed by atoms with Crippen LogP contribution in [0.25, 0.3) is 11.5 Å². The summed E-state index contributed by atoms with van der Waals surface area (Å²) in [6.45, 7) is 1.79. The van der Waals surface area contributed by atoms with Crippen molar-refractivity contribution in [1.29, 1.82) is 0 Å². The predicted octanol–water partition coefficient (Wildman–Crippen LogP) is 3.36. The highest BCUT2D eigenvalue weighted by Gasteiger charge is 2.34. The quantitative estimate of drug-likeness (QED) is 0.328. The Kier molecular flexibility index (Phi) is 7.77. The van der Waals surface area contributed by atoms with Gasteiger partial charge in [0.05, 0.1) is 18.7 Å². The first-order valence-corrected chi connectivity index (χ1v) is 12.7. The number of halogens is 1. The molecule has 2 atom stereocenters. The second-order valence-corrected chi connectivity index (χ2v) is 10.2. The lowest BCUT2D eigenvalue weighted by molar-refractivity contribution is 0.0950. The van der Waals surface area contributed by atoms with Gasteiger partial charge in [0, 0.05) is 25.6 Å². The van der Waals surface area contributed by atoms with Crippen LogP contribution >= 0.6 is 11.6 Å². The topological polar surface area (TPSA) is 134 Å². The van der Waals surface area contributed by atoms with E-state index in [1.165, 1.54) is 33.5 Å². The molecule has 0 saturated heterocycles. The van der Waals surface area contributed by atoms with E-state index < -0.39 is 21.4 Å². The fourth-order valence-corrected chi connectivity index (χ4v) is 4.74. The maximum atomic E-state index is 13.4. The van der Waals surface area contributed by atoms with E-state index in [2.05, 4.69) is 29.9 Å². The predicted molar refractivity (Wildman–Crippen MR) is 134 cm³/mol. The molecule has 13 heteroatoms. The largest absolute Gasteiger partial charge is 0.481 e. The molecular weight excluding hydrogens is 506 g/mol. The van der Waals surface area contributed by atoms with Crippen molar-refractivity contribution >= 4 is 27.6 Å². The Balaban J connectivity index is 1.70. The maximum Gasteiger partial charge on any atom is 0.240 e. The minimum atomic E-state index is -4.04. The van der Waals surface area contributed by atoms with Crippen LogP contribution in [-0.4, -0.2) is 57.6 Å². The smallest absolute Gasteiger partial charge is 0.240 e. The van der Waals surface area contributed by atoms with Crippen LogP contribution in [0.15, 0.2) is 60.9 Å². The molecule has 0 aliphatic rings. The SMILES string of the molecule is COc1cccc(-c2nnc(NS(=O)(=O)[C@@H](C)[C@H](OC)c3ncc(Cl)cn3)n2Cc2ccccc2)n1. The number of pyridine rings is 1. The number of hydrogen-bond acceptors (Lipinski definition) is 9. The summed E-state index contributed by atoms with van der Waals surface area (Å²) in [5.74, 6) is 0.972. The van der Waals surface area contributed by atoms with Gasteiger partial charge in [0.25, 0.3) is 0 Å². The van der Waals surface area contributed by atoms with Gasteiger partial charge >= 0.3 is 0 Å². The van der Waals surface area contributed by atoms with E-state index in [-0.39, 0.29) is 11.8 Å². The van der Waals surface area contributed by atoms with E-state index >= 15 is 0 Å². The van der Waals surface area contributed by atoms with Crippen molar-refractivity contribution in [2.24, 2.45) is 0 Å². The molecule has 0 saturated carbocycles. The summed E-state index contributed by atoms with van der Waals surface area (Å²) in [6.07, 6.45) is 1.81. The second-order valence-electron chi connectivity index (χ2n) is 7.75. The summed E-state index contributed by atoms with van der Waals surface area (Å²) in [5, 5.41) is 7.61. The number of nitrogens with zero attached hydrogens (tertiary/aromatic N) is 6. The highest BCUT2D eigenvalue weighted by Crippen LogP contribution is 2.27. The van der Waals surface area contributed by atoms with Gasteiger partial charge < -0.3 is 9.47 Å². The minimum Gasteiger partial charge on any atom is -0.481 e. The fraction of sp³-hybridized carbons (Fsp3) is 0.261. The fourth-order valence-electron chi connectivity index (χ4n) is 3.50. The van der Waals surface area contributed by atoms with Gasteiger partial charge in [-0.1, -0.05) is 48.0 Å². The lowest BCUT2D eigenvalue weighted by Gasteiger charge is -2.22. The zero-order valence-corrected chi connectivity index (χ0v) is 21.3. The molecule has 0 spiro atoms. The molecule has 3 heterocycles. The summed E-state index contributed by atoms with van der Waals surface area (Å²) in [6, 6.07) is 14.7. The highest BCUT2D eigenvalue weighted by molar-refractivity contribution is 7.93. The molecule has 36 heavy (non-hydrogen) atoms. The van der Waals surface area contributed by atoms with Crippen molar-refractivity contribution in [3.05, 3.63) is 77.3 Å². The number of benzene rings is 1. The molecule has 0 fully saturated rings. The van der Waals surface area contributed by atoms with E-state index in [9.17, 15) is 8.42 Å². The van der Waals surface area contributed by atoms with Crippen LogP contribution < -0.4 is 9.46 Å². The summed E-state index contributed by atoms with van der Waals surface area (Å²) in [5.41, 5.74) is 1.39. The average Bonchev–Trinajstić information content (AvgIpc) is 3.27. The number of aromatic nitrogens is 6. The number of ether oxygens (including phenoxy) is 2. The summed E-state index contributed by atoms with van der Waals surface area (Å²) in [4.78, 5) is 12.6. The van der Waals surface area contributed by atoms with Crippen molar-refractivity contribution in [3.8, 4) is 17.4 Å². The van der Waals surface area contributed by atoms with Crippen molar-refractivity contribution in [3.63, 3.8) is 0 Å². The molecule has 4 rings (SSSR count). The molecule has 0 radical (unpaired) electrons. The number of methoxy groups -OCH3 is 2. The average molecular weight is 530 g/mol. The molecule has 0 amide bonds. The third-order valence-corrected chi connectivity index (χ3v) is 7.28. The van der Waals surface area contributed by atoms with Gasteiger partial charge in [0.2, 0.25) is 21.9 Å². The first kappa shape index (κ1) is 25.5. The van der Waals surface area contributed by atoms with Crippen molar-refractivity contribution in [2.75, 3.05) is 18.9 Å². The molecule has 1 aromatic carbocycles. The number of rotatable bonds is 10. The first-order valence-electron chi connectivity index (χ1n) is 10.8. The molecule has 0 bridgehead atoms. The summed E-state index contributed by atoms with van der Waals surface area (Å²) in [7, 11) is -1.14. The molecule has 188 valence electrons. The van der Waals surface area contributed by atoms with Gasteiger partial charge in [-0.3, -0.25) is 9.29 Å². The molecule has 0 aliphatic carbocycles. The van der Waals surface area contributed by atoms with Crippen LogP contribution in [0.4, 0.5) is 5.95 Å². The van der Waals surface area contributed by atoms with Crippen molar-refractivity contribution < 1.29 is 17.9 Å².